The van der Waals surface area contributed by atoms with E-state index in [9.17, 15) is 5.11 Å². The molecule has 0 aromatic heterocycles. The Balaban J connectivity index is 2.88. The van der Waals surface area contributed by atoms with Gasteiger partial charge in [-0.15, -0.1) is 0 Å². The molecule has 2 atom stereocenters. The molecule has 0 saturated heterocycles. The molecule has 0 aliphatic carbocycles. The number of aliphatic hydroxyl groups excluding tert-OH is 1. The van der Waals surface area contributed by atoms with Gasteiger partial charge in [0.2, 0.25) is 0 Å². The Morgan fingerprint density at radius 3 is 2.65 bits per heavy atom. The van der Waals surface area contributed by atoms with Gasteiger partial charge in [0.05, 0.1) is 6.10 Å². The topological polar surface area (TPSA) is 35.5 Å². The van der Waals surface area contributed by atoms with E-state index in [1.54, 1.807) is 0 Å². The van der Waals surface area contributed by atoms with Gasteiger partial charge < -0.3 is 15.3 Å². The monoisotopic (exact) mass is 342 g/mol. The van der Waals surface area contributed by atoms with Crippen LogP contribution in [0.1, 0.15) is 45.2 Å². The zero-order chi connectivity index (χ0) is 15.1. The number of hydrogen-bond donors (Lipinski definition) is 2. The van der Waals surface area contributed by atoms with Gasteiger partial charge in [-0.05, 0) is 57.0 Å². The number of halogens is 1. The van der Waals surface area contributed by atoms with E-state index in [0.29, 0.717) is 6.04 Å². The molecule has 0 radical (unpaired) electrons. The average Bonchev–Trinajstić information content (AvgIpc) is 2.41. The highest BCUT2D eigenvalue weighted by molar-refractivity contribution is 9.10. The highest BCUT2D eigenvalue weighted by atomic mass is 79.9. The fraction of sp³-hybridized carbons (Fsp3) is 0.625. The summed E-state index contributed by atoms with van der Waals surface area (Å²) < 4.78 is 1.10. The van der Waals surface area contributed by atoms with Gasteiger partial charge >= 0.3 is 0 Å². The Bertz CT molecular complexity index is 409. The first-order valence-corrected chi connectivity index (χ1v) is 8.17. The molecule has 1 aromatic carbocycles. The minimum absolute atomic E-state index is 0.257. The second-order valence-corrected chi connectivity index (χ2v) is 6.35. The van der Waals surface area contributed by atoms with Crippen molar-refractivity contribution in [3.8, 4) is 0 Å². The van der Waals surface area contributed by atoms with E-state index in [2.05, 4.69) is 65.2 Å². The fourth-order valence-electron chi connectivity index (χ4n) is 2.19. The Hall–Kier alpha value is -0.580. The van der Waals surface area contributed by atoms with Crippen LogP contribution in [0.25, 0.3) is 0 Å². The molecular formula is C16H27BrN2O. The lowest BCUT2D eigenvalue weighted by Crippen LogP contribution is -2.26. The van der Waals surface area contributed by atoms with Crippen molar-refractivity contribution in [1.82, 2.24) is 5.32 Å². The molecule has 0 bridgehead atoms. The van der Waals surface area contributed by atoms with Crippen LogP contribution in [-0.4, -0.2) is 31.3 Å². The molecule has 114 valence electrons. The third-order valence-electron chi connectivity index (χ3n) is 3.45. The van der Waals surface area contributed by atoms with E-state index in [1.165, 1.54) is 11.3 Å². The summed E-state index contributed by atoms with van der Waals surface area (Å²) in [6, 6.07) is 6.72. The normalized spacial score (nSPS) is 14.1. The predicted octanol–water partition coefficient (Wildman–Crippen LogP) is 3.72. The first-order chi connectivity index (χ1) is 9.45. The Morgan fingerprint density at radius 1 is 1.35 bits per heavy atom. The third kappa shape index (κ3) is 5.43. The first-order valence-electron chi connectivity index (χ1n) is 7.37. The molecule has 0 heterocycles. The molecule has 1 rings (SSSR count). The minimum Gasteiger partial charge on any atom is -0.393 e. The van der Waals surface area contributed by atoms with Crippen molar-refractivity contribution in [1.29, 1.82) is 0 Å². The Kier molecular flexibility index (Phi) is 7.56. The van der Waals surface area contributed by atoms with Crippen molar-refractivity contribution < 1.29 is 5.11 Å². The summed E-state index contributed by atoms with van der Waals surface area (Å²) in [6.45, 7) is 8.08. The smallest absolute Gasteiger partial charge is 0.0528 e. The third-order valence-corrected chi connectivity index (χ3v) is 3.94. The minimum atomic E-state index is -0.257. The van der Waals surface area contributed by atoms with Gasteiger partial charge in [-0.2, -0.15) is 0 Å². The summed E-state index contributed by atoms with van der Waals surface area (Å²) >= 11 is 3.56. The number of aliphatic hydroxyl groups is 1. The van der Waals surface area contributed by atoms with Crippen LogP contribution in [0.2, 0.25) is 0 Å². The zero-order valence-electron chi connectivity index (χ0n) is 13.0. The zero-order valence-corrected chi connectivity index (χ0v) is 14.6. The molecule has 0 aliphatic heterocycles. The second-order valence-electron chi connectivity index (χ2n) is 5.44. The lowest BCUT2D eigenvalue weighted by atomic mass is 10.0. The van der Waals surface area contributed by atoms with Crippen molar-refractivity contribution in [2.24, 2.45) is 0 Å². The maximum Gasteiger partial charge on any atom is 0.0528 e. The van der Waals surface area contributed by atoms with Crippen LogP contribution in [0.3, 0.4) is 0 Å². The van der Waals surface area contributed by atoms with Crippen molar-refractivity contribution >= 4 is 21.6 Å². The summed E-state index contributed by atoms with van der Waals surface area (Å²) in [5.74, 6) is 0. The van der Waals surface area contributed by atoms with Crippen molar-refractivity contribution in [2.75, 3.05) is 25.0 Å². The lowest BCUT2D eigenvalue weighted by Gasteiger charge is -2.26. The maximum atomic E-state index is 9.44. The number of rotatable bonds is 8. The molecule has 0 spiro atoms. The number of nitrogens with one attached hydrogen (secondary N) is 1. The maximum absolute atomic E-state index is 9.44. The van der Waals surface area contributed by atoms with Crippen LogP contribution in [-0.2, 0) is 0 Å². The number of nitrogens with zero attached hydrogens (tertiary/aromatic N) is 1. The van der Waals surface area contributed by atoms with Crippen LogP contribution in [0.4, 0.5) is 5.69 Å². The fourth-order valence-corrected chi connectivity index (χ4v) is 2.57. The van der Waals surface area contributed by atoms with Gasteiger partial charge in [-0.1, -0.05) is 22.9 Å². The van der Waals surface area contributed by atoms with E-state index >= 15 is 0 Å². The van der Waals surface area contributed by atoms with E-state index in [4.69, 9.17) is 0 Å². The summed E-state index contributed by atoms with van der Waals surface area (Å²) in [5.41, 5.74) is 2.52. The van der Waals surface area contributed by atoms with Gasteiger partial charge in [0.25, 0.3) is 0 Å². The number of anilines is 1. The standard InChI is InChI=1S/C16H27BrN2O/c1-5-9-18-13(3)15-11-14(17)6-7-16(15)19(4)10-8-12(2)20/h6-7,11-13,18,20H,5,8-10H2,1-4H3. The summed E-state index contributed by atoms with van der Waals surface area (Å²) in [4.78, 5) is 2.22. The molecule has 0 amide bonds. The average molecular weight is 343 g/mol. The molecule has 1 aromatic rings. The molecule has 2 unspecified atom stereocenters. The summed E-state index contributed by atoms with van der Waals surface area (Å²) in [7, 11) is 2.08. The van der Waals surface area contributed by atoms with Crippen LogP contribution in [0, 0.1) is 0 Å². The van der Waals surface area contributed by atoms with E-state index in [1.807, 2.05) is 6.92 Å². The lowest BCUT2D eigenvalue weighted by molar-refractivity contribution is 0.187. The van der Waals surface area contributed by atoms with Crippen molar-refractivity contribution in [3.63, 3.8) is 0 Å². The summed E-state index contributed by atoms with van der Waals surface area (Å²) in [6.07, 6.45) is 1.65. The van der Waals surface area contributed by atoms with Crippen LogP contribution < -0.4 is 10.2 Å². The molecular weight excluding hydrogens is 316 g/mol. The van der Waals surface area contributed by atoms with Crippen LogP contribution in [0.15, 0.2) is 22.7 Å². The van der Waals surface area contributed by atoms with Gasteiger partial charge in [0.15, 0.2) is 0 Å². The van der Waals surface area contributed by atoms with Crippen molar-refractivity contribution in [2.45, 2.75) is 45.8 Å². The first kappa shape index (κ1) is 17.5. The molecule has 0 fully saturated rings. The Morgan fingerprint density at radius 2 is 2.05 bits per heavy atom. The molecule has 2 N–H and O–H groups in total. The molecule has 4 heteroatoms. The highest BCUT2D eigenvalue weighted by Gasteiger charge is 2.14. The second kappa shape index (κ2) is 8.65. The van der Waals surface area contributed by atoms with Crippen molar-refractivity contribution in [3.05, 3.63) is 28.2 Å². The number of hydrogen-bond acceptors (Lipinski definition) is 3. The molecule has 3 nitrogen and oxygen atoms in total. The largest absolute Gasteiger partial charge is 0.393 e. The predicted molar refractivity (Wildman–Crippen MR) is 90.4 cm³/mol. The molecule has 0 aliphatic rings. The summed E-state index contributed by atoms with van der Waals surface area (Å²) in [5, 5.41) is 13.0. The van der Waals surface area contributed by atoms with Gasteiger partial charge in [0.1, 0.15) is 0 Å². The quantitative estimate of drug-likeness (QED) is 0.755. The molecule has 20 heavy (non-hydrogen) atoms. The van der Waals surface area contributed by atoms with Crippen LogP contribution in [0.5, 0.6) is 0 Å². The number of benzene rings is 1. The van der Waals surface area contributed by atoms with E-state index < -0.39 is 0 Å². The van der Waals surface area contributed by atoms with Gasteiger partial charge in [0, 0.05) is 29.8 Å². The SMILES string of the molecule is CCCNC(C)c1cc(Br)ccc1N(C)CCC(C)O. The van der Waals surface area contributed by atoms with Gasteiger partial charge in [-0.25, -0.2) is 0 Å². The highest BCUT2D eigenvalue weighted by Crippen LogP contribution is 2.29. The van der Waals surface area contributed by atoms with Gasteiger partial charge in [-0.3, -0.25) is 0 Å². The van der Waals surface area contributed by atoms with Crippen LogP contribution >= 0.6 is 15.9 Å². The Labute approximate surface area is 131 Å². The molecule has 0 saturated carbocycles. The van der Waals surface area contributed by atoms with E-state index in [-0.39, 0.29) is 6.10 Å². The van der Waals surface area contributed by atoms with E-state index in [0.717, 1.165) is 30.4 Å².